The van der Waals surface area contributed by atoms with Crippen molar-refractivity contribution in [2.45, 2.75) is 6.42 Å². The van der Waals surface area contributed by atoms with Crippen molar-refractivity contribution in [3.05, 3.63) is 58.3 Å². The first-order valence-corrected chi connectivity index (χ1v) is 7.91. The third-order valence-corrected chi connectivity index (χ3v) is 4.05. The number of hydrazone groups is 1. The summed E-state index contributed by atoms with van der Waals surface area (Å²) in [5, 5.41) is 9.50. The molecule has 0 atom stereocenters. The average Bonchev–Trinajstić information content (AvgIpc) is 3.19. The van der Waals surface area contributed by atoms with Gasteiger partial charge in [-0.2, -0.15) is 21.4 Å². The zero-order valence-electron chi connectivity index (χ0n) is 12.4. The summed E-state index contributed by atoms with van der Waals surface area (Å²) in [7, 11) is 1.32. The summed E-state index contributed by atoms with van der Waals surface area (Å²) in [6.45, 7) is 0. The molecule has 0 fully saturated rings. The Labute approximate surface area is 137 Å². The zero-order chi connectivity index (χ0) is 16.2. The van der Waals surface area contributed by atoms with Gasteiger partial charge in [-0.1, -0.05) is 18.2 Å². The Kier molecular flexibility index (Phi) is 4.34. The first-order chi connectivity index (χ1) is 11.2. The Morgan fingerprint density at radius 3 is 2.74 bits per heavy atom. The minimum absolute atomic E-state index is 0.0401. The van der Waals surface area contributed by atoms with Crippen LogP contribution < -0.4 is 5.01 Å². The van der Waals surface area contributed by atoms with Crippen LogP contribution in [0.25, 0.3) is 6.08 Å². The number of nitrogens with zero attached hydrogens (tertiary/aromatic N) is 2. The van der Waals surface area contributed by atoms with Crippen LogP contribution >= 0.6 is 11.3 Å². The predicted octanol–water partition coefficient (Wildman–Crippen LogP) is 3.10. The fourth-order valence-electron chi connectivity index (χ4n) is 2.21. The van der Waals surface area contributed by atoms with Crippen molar-refractivity contribution in [3.8, 4) is 0 Å². The molecule has 0 spiro atoms. The lowest BCUT2D eigenvalue weighted by Crippen LogP contribution is -2.21. The van der Waals surface area contributed by atoms with Crippen molar-refractivity contribution in [2.24, 2.45) is 5.10 Å². The molecule has 0 unspecified atom stereocenters. The van der Waals surface area contributed by atoms with E-state index >= 15 is 0 Å². The number of hydrogen-bond acceptors (Lipinski definition) is 5. The molecule has 5 nitrogen and oxygen atoms in total. The number of thiophene rings is 1. The average molecular weight is 326 g/mol. The van der Waals surface area contributed by atoms with Gasteiger partial charge >= 0.3 is 5.97 Å². The molecule has 0 saturated heterocycles. The van der Waals surface area contributed by atoms with Crippen molar-refractivity contribution < 1.29 is 14.3 Å². The van der Waals surface area contributed by atoms with E-state index in [-0.39, 0.29) is 12.3 Å². The van der Waals surface area contributed by atoms with Crippen LogP contribution in [0.4, 0.5) is 5.69 Å². The molecule has 1 aliphatic heterocycles. The minimum atomic E-state index is -0.428. The molecule has 0 radical (unpaired) electrons. The highest BCUT2D eigenvalue weighted by Gasteiger charge is 2.32. The monoisotopic (exact) mass is 326 g/mol. The third-order valence-electron chi connectivity index (χ3n) is 3.35. The second-order valence-corrected chi connectivity index (χ2v) is 5.65. The summed E-state index contributed by atoms with van der Waals surface area (Å²) < 4.78 is 4.70. The van der Waals surface area contributed by atoms with E-state index in [4.69, 9.17) is 4.74 Å². The topological polar surface area (TPSA) is 59.0 Å². The van der Waals surface area contributed by atoms with Gasteiger partial charge in [0.05, 0.1) is 30.5 Å². The van der Waals surface area contributed by atoms with Gasteiger partial charge in [0, 0.05) is 0 Å². The van der Waals surface area contributed by atoms with Gasteiger partial charge < -0.3 is 4.74 Å². The molecule has 0 bridgehead atoms. The molecule has 116 valence electrons. The molecule has 6 heteroatoms. The second-order valence-electron chi connectivity index (χ2n) is 4.87. The number of rotatable bonds is 4. The van der Waals surface area contributed by atoms with Crippen LogP contribution in [0.15, 0.2) is 57.8 Å². The summed E-state index contributed by atoms with van der Waals surface area (Å²) in [5.74, 6) is -0.677. The summed E-state index contributed by atoms with van der Waals surface area (Å²) in [6.07, 6.45) is 1.71. The molecular formula is C17H14N2O3S. The van der Waals surface area contributed by atoms with Crippen LogP contribution in [-0.2, 0) is 14.3 Å². The lowest BCUT2D eigenvalue weighted by molar-refractivity contribution is -0.139. The van der Waals surface area contributed by atoms with Gasteiger partial charge in [-0.25, -0.2) is 0 Å². The Morgan fingerprint density at radius 2 is 2.09 bits per heavy atom. The zero-order valence-corrected chi connectivity index (χ0v) is 13.2. The van der Waals surface area contributed by atoms with Gasteiger partial charge in [0.25, 0.3) is 5.91 Å². The molecule has 0 aliphatic carbocycles. The number of amides is 1. The number of carbonyl (C=O) groups is 2. The van der Waals surface area contributed by atoms with E-state index in [0.717, 1.165) is 5.56 Å². The number of ether oxygens (including phenoxy) is 1. The molecule has 23 heavy (non-hydrogen) atoms. The SMILES string of the molecule is COC(=O)CC1=NN(c2ccccc2)C(=O)/C1=C\c1ccsc1. The molecule has 1 aromatic heterocycles. The number of anilines is 1. The van der Waals surface area contributed by atoms with Crippen LogP contribution in [0.1, 0.15) is 12.0 Å². The number of benzene rings is 1. The lowest BCUT2D eigenvalue weighted by atomic mass is 10.1. The van der Waals surface area contributed by atoms with Crippen molar-refractivity contribution in [2.75, 3.05) is 12.1 Å². The van der Waals surface area contributed by atoms with Crippen molar-refractivity contribution in [1.82, 2.24) is 0 Å². The van der Waals surface area contributed by atoms with Gasteiger partial charge in [-0.05, 0) is 40.6 Å². The van der Waals surface area contributed by atoms with Gasteiger partial charge in [-0.15, -0.1) is 0 Å². The highest BCUT2D eigenvalue weighted by atomic mass is 32.1. The molecule has 0 saturated carbocycles. The molecule has 2 heterocycles. The second kappa shape index (κ2) is 6.58. The van der Waals surface area contributed by atoms with Crippen LogP contribution in [0.3, 0.4) is 0 Å². The maximum Gasteiger partial charge on any atom is 0.311 e. The fraction of sp³-hybridized carbons (Fsp3) is 0.118. The molecule has 3 rings (SSSR count). The fourth-order valence-corrected chi connectivity index (χ4v) is 2.83. The van der Waals surface area contributed by atoms with E-state index in [0.29, 0.717) is 17.0 Å². The largest absolute Gasteiger partial charge is 0.469 e. The van der Waals surface area contributed by atoms with E-state index in [9.17, 15) is 9.59 Å². The van der Waals surface area contributed by atoms with Gasteiger partial charge in [0.2, 0.25) is 0 Å². The normalized spacial score (nSPS) is 15.9. The minimum Gasteiger partial charge on any atom is -0.469 e. The maximum absolute atomic E-state index is 12.7. The summed E-state index contributed by atoms with van der Waals surface area (Å²) in [5.41, 5.74) is 2.40. The summed E-state index contributed by atoms with van der Waals surface area (Å²) in [4.78, 5) is 24.3. The van der Waals surface area contributed by atoms with E-state index < -0.39 is 5.97 Å². The number of esters is 1. The number of para-hydroxylation sites is 1. The maximum atomic E-state index is 12.7. The molecule has 2 aromatic rings. The van der Waals surface area contributed by atoms with Gasteiger partial charge in [0.15, 0.2) is 0 Å². The van der Waals surface area contributed by atoms with Crippen LogP contribution in [0.5, 0.6) is 0 Å². The number of methoxy groups -OCH3 is 1. The first-order valence-electron chi connectivity index (χ1n) is 6.97. The highest BCUT2D eigenvalue weighted by molar-refractivity contribution is 7.08. The van der Waals surface area contributed by atoms with E-state index in [1.807, 2.05) is 35.0 Å². The molecule has 0 N–H and O–H groups in total. The molecular weight excluding hydrogens is 312 g/mol. The molecule has 1 aliphatic rings. The smallest absolute Gasteiger partial charge is 0.311 e. The Bertz CT molecular complexity index is 779. The highest BCUT2D eigenvalue weighted by Crippen LogP contribution is 2.26. The van der Waals surface area contributed by atoms with Crippen molar-refractivity contribution >= 4 is 40.7 Å². The summed E-state index contributed by atoms with van der Waals surface area (Å²) in [6, 6.07) is 11.0. The van der Waals surface area contributed by atoms with Crippen LogP contribution in [0.2, 0.25) is 0 Å². The van der Waals surface area contributed by atoms with Crippen molar-refractivity contribution in [3.63, 3.8) is 0 Å². The number of carbonyl (C=O) groups excluding carboxylic acids is 2. The van der Waals surface area contributed by atoms with Crippen LogP contribution in [-0.4, -0.2) is 24.7 Å². The Balaban J connectivity index is 1.99. The van der Waals surface area contributed by atoms with Gasteiger partial charge in [-0.3, -0.25) is 9.59 Å². The van der Waals surface area contributed by atoms with Gasteiger partial charge in [0.1, 0.15) is 0 Å². The first kappa shape index (κ1) is 15.2. The van der Waals surface area contributed by atoms with E-state index in [2.05, 4.69) is 5.10 Å². The Hall–Kier alpha value is -2.73. The number of hydrogen-bond donors (Lipinski definition) is 0. The van der Waals surface area contributed by atoms with Crippen LogP contribution in [0, 0.1) is 0 Å². The third kappa shape index (κ3) is 3.22. The lowest BCUT2D eigenvalue weighted by Gasteiger charge is -2.10. The Morgan fingerprint density at radius 1 is 1.30 bits per heavy atom. The van der Waals surface area contributed by atoms with Crippen molar-refractivity contribution in [1.29, 1.82) is 0 Å². The predicted molar refractivity (Wildman–Crippen MR) is 90.3 cm³/mol. The quantitative estimate of drug-likeness (QED) is 0.641. The summed E-state index contributed by atoms with van der Waals surface area (Å²) >= 11 is 1.54. The standard InChI is InChI=1S/C17H14N2O3S/c1-22-16(20)10-15-14(9-12-7-8-23-11-12)17(21)19(18-15)13-5-3-2-4-6-13/h2-9,11H,10H2,1H3/b14-9-. The molecule has 1 amide bonds. The van der Waals surface area contributed by atoms with E-state index in [1.165, 1.54) is 12.1 Å². The van der Waals surface area contributed by atoms with E-state index in [1.54, 1.807) is 29.5 Å². The molecule has 1 aromatic carbocycles.